The van der Waals surface area contributed by atoms with E-state index in [4.69, 9.17) is 10.00 Å². The van der Waals surface area contributed by atoms with Crippen molar-refractivity contribution in [3.8, 4) is 11.8 Å². The third-order valence-electron chi connectivity index (χ3n) is 3.93. The lowest BCUT2D eigenvalue weighted by Crippen LogP contribution is -2.57. The Labute approximate surface area is 195 Å². The van der Waals surface area contributed by atoms with Crippen LogP contribution in [0.1, 0.15) is 58.9 Å². The summed E-state index contributed by atoms with van der Waals surface area (Å²) in [6.45, 7) is 7.68. The molecular formula is C22H30F6N2O4. The molecule has 1 amide bonds. The van der Waals surface area contributed by atoms with Gasteiger partial charge in [-0.25, -0.2) is 0 Å². The smallest absolute Gasteiger partial charge is 0.416 e. The maximum absolute atomic E-state index is 14.0. The highest BCUT2D eigenvalue weighted by Gasteiger charge is 2.58. The Bertz CT molecular complexity index is 774. The minimum atomic E-state index is -5.15. The molecule has 34 heavy (non-hydrogen) atoms. The van der Waals surface area contributed by atoms with Crippen LogP contribution < -0.4 is 10.1 Å². The standard InChI is InChI=1S/C18H18F6N2O4.2C2H6/c1-29-15(28)11-16(18(22,23)24,26-14(27)7-9-25)12-3-5-13(6-4-12)30-10-2-8-17(19,20)21;2*1-2/h3-6H,2,7-8,10-11H2,1H3,(H,26,27);2*1-2H3. The molecule has 0 fully saturated rings. The fourth-order valence-corrected chi connectivity index (χ4v) is 2.49. The number of nitrogens with one attached hydrogen (secondary N) is 1. The molecule has 194 valence electrons. The van der Waals surface area contributed by atoms with Gasteiger partial charge in [-0.05, 0) is 24.1 Å². The van der Waals surface area contributed by atoms with Crippen molar-refractivity contribution < 1.29 is 45.4 Å². The summed E-state index contributed by atoms with van der Waals surface area (Å²) in [6.07, 6.45) is -13.1. The number of nitriles is 1. The predicted octanol–water partition coefficient (Wildman–Crippen LogP) is 5.81. The third kappa shape index (κ3) is 11.2. The molecule has 0 aliphatic heterocycles. The van der Waals surface area contributed by atoms with Gasteiger partial charge in [0.1, 0.15) is 12.2 Å². The van der Waals surface area contributed by atoms with Crippen LogP contribution in [-0.4, -0.2) is 37.9 Å². The number of esters is 1. The Morgan fingerprint density at radius 1 is 1.00 bits per heavy atom. The largest absolute Gasteiger partial charge is 0.494 e. The van der Waals surface area contributed by atoms with E-state index in [-0.39, 0.29) is 18.8 Å². The molecule has 0 saturated carbocycles. The van der Waals surface area contributed by atoms with Gasteiger partial charge >= 0.3 is 18.3 Å². The molecule has 0 saturated heterocycles. The van der Waals surface area contributed by atoms with Gasteiger partial charge in [-0.15, -0.1) is 0 Å². The zero-order chi connectivity index (χ0) is 27.0. The first-order valence-corrected chi connectivity index (χ1v) is 10.5. The van der Waals surface area contributed by atoms with Crippen LogP contribution in [0, 0.1) is 11.3 Å². The SMILES string of the molecule is CC.CC.COC(=O)CC(NC(=O)CC#N)(c1ccc(OCCCC(F)(F)F)cc1)C(F)(F)F. The molecule has 1 atom stereocenters. The Balaban J connectivity index is 0. The molecule has 1 aromatic rings. The number of methoxy groups -OCH3 is 1. The van der Waals surface area contributed by atoms with Crippen molar-refractivity contribution >= 4 is 11.9 Å². The average molecular weight is 500 g/mol. The van der Waals surface area contributed by atoms with Gasteiger partial charge in [0.05, 0.1) is 26.2 Å². The Hall–Kier alpha value is -2.97. The lowest BCUT2D eigenvalue weighted by atomic mass is 9.85. The summed E-state index contributed by atoms with van der Waals surface area (Å²) in [4.78, 5) is 23.4. The minimum absolute atomic E-state index is 0.00146. The molecule has 0 radical (unpaired) electrons. The number of nitrogens with zero attached hydrogens (tertiary/aromatic N) is 1. The van der Waals surface area contributed by atoms with Crippen molar-refractivity contribution in [2.45, 2.75) is 71.3 Å². The summed E-state index contributed by atoms with van der Waals surface area (Å²) >= 11 is 0. The first kappa shape index (κ1) is 33.2. The number of rotatable bonds is 9. The number of ether oxygens (including phenoxy) is 2. The lowest BCUT2D eigenvalue weighted by Gasteiger charge is -2.36. The van der Waals surface area contributed by atoms with Gasteiger partial charge in [-0.1, -0.05) is 39.8 Å². The summed E-state index contributed by atoms with van der Waals surface area (Å²) in [5, 5.41) is 10.2. The van der Waals surface area contributed by atoms with Crippen LogP contribution in [0.15, 0.2) is 24.3 Å². The molecule has 0 aliphatic carbocycles. The normalized spacial score (nSPS) is 12.4. The Kier molecular flexibility index (Phi) is 15.4. The number of hydrogen-bond donors (Lipinski definition) is 1. The monoisotopic (exact) mass is 500 g/mol. The Morgan fingerprint density at radius 2 is 1.53 bits per heavy atom. The summed E-state index contributed by atoms with van der Waals surface area (Å²) in [5.41, 5.74) is -3.72. The zero-order valence-electron chi connectivity index (χ0n) is 19.7. The van der Waals surface area contributed by atoms with Crippen LogP contribution in [0.25, 0.3) is 0 Å². The molecule has 0 spiro atoms. The van der Waals surface area contributed by atoms with Crippen LogP contribution in [0.3, 0.4) is 0 Å². The first-order chi connectivity index (χ1) is 15.8. The summed E-state index contributed by atoms with van der Waals surface area (Å²) < 4.78 is 87.7. The van der Waals surface area contributed by atoms with Crippen LogP contribution >= 0.6 is 0 Å². The van der Waals surface area contributed by atoms with Crippen molar-refractivity contribution in [2.24, 2.45) is 0 Å². The van der Waals surface area contributed by atoms with Crippen molar-refractivity contribution in [2.75, 3.05) is 13.7 Å². The minimum Gasteiger partial charge on any atom is -0.494 e. The number of carbonyl (C=O) groups is 2. The second-order valence-corrected chi connectivity index (χ2v) is 6.13. The Morgan fingerprint density at radius 3 is 1.94 bits per heavy atom. The molecule has 1 aromatic carbocycles. The molecule has 1 unspecified atom stereocenters. The maximum Gasteiger partial charge on any atom is 0.416 e. The molecule has 0 aliphatic rings. The second kappa shape index (κ2) is 15.8. The van der Waals surface area contributed by atoms with Crippen molar-refractivity contribution in [3.05, 3.63) is 29.8 Å². The van der Waals surface area contributed by atoms with Crippen molar-refractivity contribution in [3.63, 3.8) is 0 Å². The second-order valence-electron chi connectivity index (χ2n) is 6.13. The number of halogens is 6. The van der Waals surface area contributed by atoms with E-state index in [0.717, 1.165) is 31.4 Å². The van der Waals surface area contributed by atoms with E-state index in [0.29, 0.717) is 0 Å². The van der Waals surface area contributed by atoms with Crippen LogP contribution in [0.4, 0.5) is 26.3 Å². The van der Waals surface area contributed by atoms with Crippen molar-refractivity contribution in [1.29, 1.82) is 5.26 Å². The number of carbonyl (C=O) groups excluding carboxylic acids is 2. The molecule has 6 nitrogen and oxygen atoms in total. The number of amides is 1. The highest BCUT2D eigenvalue weighted by atomic mass is 19.4. The van der Waals surface area contributed by atoms with Gasteiger partial charge in [-0.2, -0.15) is 31.6 Å². The molecule has 0 bridgehead atoms. The first-order valence-electron chi connectivity index (χ1n) is 10.5. The molecule has 0 heterocycles. The van der Waals surface area contributed by atoms with Gasteiger partial charge < -0.3 is 14.8 Å². The van der Waals surface area contributed by atoms with Gasteiger partial charge in [0, 0.05) is 6.42 Å². The third-order valence-corrected chi connectivity index (χ3v) is 3.93. The van der Waals surface area contributed by atoms with E-state index in [2.05, 4.69) is 4.74 Å². The molecule has 0 aromatic heterocycles. The zero-order valence-corrected chi connectivity index (χ0v) is 19.7. The van der Waals surface area contributed by atoms with Crippen LogP contribution in [0.2, 0.25) is 0 Å². The average Bonchev–Trinajstić information content (AvgIpc) is 2.78. The van der Waals surface area contributed by atoms with E-state index >= 15 is 0 Å². The van der Waals surface area contributed by atoms with Gasteiger partial charge in [0.25, 0.3) is 0 Å². The molecular weight excluding hydrogens is 470 g/mol. The summed E-state index contributed by atoms with van der Waals surface area (Å²) in [7, 11) is 0.873. The van der Waals surface area contributed by atoms with Crippen LogP contribution in [0.5, 0.6) is 5.75 Å². The number of benzene rings is 1. The highest BCUT2D eigenvalue weighted by molar-refractivity contribution is 5.81. The van der Waals surface area contributed by atoms with E-state index in [1.807, 2.05) is 27.7 Å². The number of hydrogen-bond acceptors (Lipinski definition) is 5. The molecule has 1 rings (SSSR count). The predicted molar refractivity (Wildman–Crippen MR) is 113 cm³/mol. The lowest BCUT2D eigenvalue weighted by molar-refractivity contribution is -0.208. The van der Waals surface area contributed by atoms with E-state index in [1.54, 1.807) is 5.32 Å². The summed E-state index contributed by atoms with van der Waals surface area (Å²) in [6, 6.07) is 5.38. The highest BCUT2D eigenvalue weighted by Crippen LogP contribution is 2.42. The molecule has 12 heteroatoms. The quantitative estimate of drug-likeness (QED) is 0.263. The number of alkyl halides is 6. The van der Waals surface area contributed by atoms with E-state index in [9.17, 15) is 35.9 Å². The van der Waals surface area contributed by atoms with Gasteiger partial charge in [-0.3, -0.25) is 9.59 Å². The fraction of sp³-hybridized carbons (Fsp3) is 0.591. The fourth-order valence-electron chi connectivity index (χ4n) is 2.49. The van der Waals surface area contributed by atoms with E-state index in [1.165, 1.54) is 6.07 Å². The topological polar surface area (TPSA) is 88.4 Å². The van der Waals surface area contributed by atoms with Gasteiger partial charge in [0.2, 0.25) is 5.91 Å². The maximum atomic E-state index is 14.0. The van der Waals surface area contributed by atoms with Gasteiger partial charge in [0.15, 0.2) is 5.54 Å². The summed E-state index contributed by atoms with van der Waals surface area (Å²) in [5.74, 6) is -2.53. The van der Waals surface area contributed by atoms with Crippen LogP contribution in [-0.2, 0) is 19.9 Å². The molecule has 1 N–H and O–H groups in total. The van der Waals surface area contributed by atoms with Crippen molar-refractivity contribution in [1.82, 2.24) is 5.32 Å². The van der Waals surface area contributed by atoms with E-state index < -0.39 is 54.6 Å².